The van der Waals surface area contributed by atoms with Crippen LogP contribution in [-0.4, -0.2) is 48.3 Å². The van der Waals surface area contributed by atoms with Crippen LogP contribution in [-0.2, 0) is 33.4 Å². The Hall–Kier alpha value is -3.16. The van der Waals surface area contributed by atoms with Gasteiger partial charge in [0, 0.05) is 29.2 Å². The number of esters is 3. The maximum Gasteiger partial charge on any atom is 0.333 e. The first kappa shape index (κ1) is 35.4. The summed E-state index contributed by atoms with van der Waals surface area (Å²) in [6, 6.07) is 0. The maximum atomic E-state index is 11.1. The van der Waals surface area contributed by atoms with Crippen molar-refractivity contribution in [3.63, 3.8) is 0 Å². The molecule has 0 aliphatic heterocycles. The summed E-state index contributed by atoms with van der Waals surface area (Å²) in [7, 11) is 0. The van der Waals surface area contributed by atoms with Crippen LogP contribution in [0.2, 0.25) is 0 Å². The number of hydrogen-bond donors (Lipinski definition) is 1. The molecule has 0 saturated heterocycles. The molecule has 0 radical (unpaired) electrons. The van der Waals surface area contributed by atoms with Crippen molar-refractivity contribution < 1.29 is 38.5 Å². The zero-order chi connectivity index (χ0) is 27.1. The molecule has 0 spiro atoms. The van der Waals surface area contributed by atoms with Gasteiger partial charge in [-0.3, -0.25) is 0 Å². The van der Waals surface area contributed by atoms with E-state index in [-0.39, 0.29) is 18.7 Å². The van der Waals surface area contributed by atoms with Gasteiger partial charge in [0.25, 0.3) is 0 Å². The highest BCUT2D eigenvalue weighted by molar-refractivity contribution is 5.88. The van der Waals surface area contributed by atoms with Gasteiger partial charge < -0.3 is 19.3 Å². The first-order chi connectivity index (χ1) is 15.8. The molecule has 1 N–H and O–H groups in total. The number of carboxylic acids is 1. The molecular weight excluding hydrogens is 440 g/mol. The summed E-state index contributed by atoms with van der Waals surface area (Å²) < 4.78 is 14.9. The van der Waals surface area contributed by atoms with Crippen LogP contribution in [0.15, 0.2) is 49.1 Å². The number of aliphatic carboxylic acids is 1. The number of ether oxygens (including phenoxy) is 3. The van der Waals surface area contributed by atoms with Crippen LogP contribution in [0.25, 0.3) is 0 Å². The molecule has 34 heavy (non-hydrogen) atoms. The lowest BCUT2D eigenvalue weighted by molar-refractivity contribution is -0.145. The Morgan fingerprint density at radius 3 is 1.76 bits per heavy atom. The van der Waals surface area contributed by atoms with E-state index in [0.29, 0.717) is 36.2 Å². The topological polar surface area (TPSA) is 116 Å². The largest absolute Gasteiger partial charge is 0.478 e. The van der Waals surface area contributed by atoms with Crippen molar-refractivity contribution in [2.24, 2.45) is 0 Å². The zero-order valence-corrected chi connectivity index (χ0v) is 21.4. The number of carboxylic acid groups (broad SMARTS) is 1. The molecule has 1 unspecified atom stereocenters. The van der Waals surface area contributed by atoms with E-state index in [4.69, 9.17) is 19.3 Å². The number of unbranched alkanes of at least 4 members (excludes halogenated alkanes) is 3. The lowest BCUT2D eigenvalue weighted by Gasteiger charge is -2.13. The van der Waals surface area contributed by atoms with Gasteiger partial charge in [-0.1, -0.05) is 59.4 Å². The molecule has 1 atom stereocenters. The fraction of sp³-hybridized carbons (Fsp3) is 0.538. The van der Waals surface area contributed by atoms with Gasteiger partial charge in [-0.2, -0.15) is 0 Å². The number of carbonyl (C=O) groups is 4. The third-order valence-corrected chi connectivity index (χ3v) is 3.88. The zero-order valence-electron chi connectivity index (χ0n) is 21.4. The average molecular weight is 483 g/mol. The second-order valence-corrected chi connectivity index (χ2v) is 7.40. The van der Waals surface area contributed by atoms with Crippen LogP contribution in [0.4, 0.5) is 0 Å². The van der Waals surface area contributed by atoms with Gasteiger partial charge in [0.15, 0.2) is 0 Å². The Kier molecular flexibility index (Phi) is 24.0. The Bertz CT molecular complexity index is 691. The van der Waals surface area contributed by atoms with Crippen molar-refractivity contribution in [3.8, 4) is 0 Å². The van der Waals surface area contributed by atoms with E-state index < -0.39 is 17.9 Å². The Morgan fingerprint density at radius 1 is 0.853 bits per heavy atom. The molecule has 8 heteroatoms. The molecule has 0 aromatic heterocycles. The summed E-state index contributed by atoms with van der Waals surface area (Å²) >= 11 is 0. The van der Waals surface area contributed by atoms with E-state index in [9.17, 15) is 19.2 Å². The second-order valence-electron chi connectivity index (χ2n) is 7.40. The predicted molar refractivity (Wildman–Crippen MR) is 133 cm³/mol. The van der Waals surface area contributed by atoms with Crippen molar-refractivity contribution in [1.82, 2.24) is 0 Å². The second kappa shape index (κ2) is 23.0. The van der Waals surface area contributed by atoms with Gasteiger partial charge in [-0.15, -0.1) is 0 Å². The molecule has 0 aliphatic rings. The van der Waals surface area contributed by atoms with Crippen molar-refractivity contribution in [1.29, 1.82) is 0 Å². The van der Waals surface area contributed by atoms with Crippen molar-refractivity contribution in [2.75, 3.05) is 13.2 Å². The van der Waals surface area contributed by atoms with E-state index in [1.807, 2.05) is 6.92 Å². The molecule has 0 amide bonds. The van der Waals surface area contributed by atoms with Crippen molar-refractivity contribution >= 4 is 23.9 Å². The van der Waals surface area contributed by atoms with E-state index in [2.05, 4.69) is 33.2 Å². The highest BCUT2D eigenvalue weighted by atomic mass is 16.6. The van der Waals surface area contributed by atoms with E-state index in [1.165, 1.54) is 12.8 Å². The van der Waals surface area contributed by atoms with Gasteiger partial charge in [-0.05, 0) is 33.6 Å². The summed E-state index contributed by atoms with van der Waals surface area (Å²) in [4.78, 5) is 42.5. The van der Waals surface area contributed by atoms with Gasteiger partial charge in [0.2, 0.25) is 0 Å². The van der Waals surface area contributed by atoms with Crippen molar-refractivity contribution in [3.05, 3.63) is 49.1 Å². The highest BCUT2D eigenvalue weighted by Crippen LogP contribution is 2.04. The summed E-state index contributed by atoms with van der Waals surface area (Å²) in [5.74, 6) is -2.08. The summed E-state index contributed by atoms with van der Waals surface area (Å²) in [5, 5.41) is 7.60. The minimum Gasteiger partial charge on any atom is -0.478 e. The fourth-order valence-electron chi connectivity index (χ4n) is 1.72. The standard InChI is InChI=1S/C12H18O4.C11H20O2.C3H4O2/c1-8(2)11(13)15-7-6-10(5)16-12(14)9(3)4;1-4-6-7-8-9-13-11(12)10(3)5-2;1-2-3(4)5/h10H,1,3,6-7H2,2,4-5H3;3-9H2,1-2H3;2H,1H2,(H,4,5). The quantitative estimate of drug-likeness (QED) is 0.153. The lowest BCUT2D eigenvalue weighted by Crippen LogP contribution is -2.18. The molecule has 0 rings (SSSR count). The van der Waals surface area contributed by atoms with E-state index in [1.54, 1.807) is 20.8 Å². The maximum absolute atomic E-state index is 11.1. The number of rotatable bonds is 14. The summed E-state index contributed by atoms with van der Waals surface area (Å²) in [6.45, 7) is 23.2. The number of carbonyl (C=O) groups excluding carboxylic acids is 3. The lowest BCUT2D eigenvalue weighted by atomic mass is 10.2. The Balaban J connectivity index is -0.000000478. The molecule has 0 saturated carbocycles. The third-order valence-electron chi connectivity index (χ3n) is 3.88. The molecule has 0 fully saturated rings. The van der Waals surface area contributed by atoms with Gasteiger partial charge in [0.1, 0.15) is 6.10 Å². The van der Waals surface area contributed by atoms with E-state index in [0.717, 1.165) is 18.9 Å². The minimum atomic E-state index is -0.981. The van der Waals surface area contributed by atoms with Gasteiger partial charge in [0.05, 0.1) is 13.2 Å². The normalized spacial score (nSPS) is 10.0. The first-order valence-corrected chi connectivity index (χ1v) is 11.2. The van der Waals surface area contributed by atoms with Gasteiger partial charge in [-0.25, -0.2) is 19.2 Å². The third kappa shape index (κ3) is 25.1. The fourth-order valence-corrected chi connectivity index (χ4v) is 1.72. The first-order valence-electron chi connectivity index (χ1n) is 11.2. The summed E-state index contributed by atoms with van der Waals surface area (Å²) in [6.07, 6.45) is 6.19. The average Bonchev–Trinajstić information content (AvgIpc) is 2.78. The van der Waals surface area contributed by atoms with Crippen LogP contribution in [0, 0.1) is 0 Å². The Labute approximate surface area is 204 Å². The van der Waals surface area contributed by atoms with Crippen LogP contribution in [0.1, 0.15) is 73.1 Å². The number of hydrogen-bond acceptors (Lipinski definition) is 7. The summed E-state index contributed by atoms with van der Waals surface area (Å²) in [5.41, 5.74) is 1.27. The molecular formula is C26H42O8. The molecule has 0 bridgehead atoms. The molecule has 0 aromatic rings. The predicted octanol–water partition coefficient (Wildman–Crippen LogP) is 5.34. The van der Waals surface area contributed by atoms with Crippen LogP contribution in [0.3, 0.4) is 0 Å². The highest BCUT2D eigenvalue weighted by Gasteiger charge is 2.11. The smallest absolute Gasteiger partial charge is 0.333 e. The molecule has 194 valence electrons. The molecule has 0 heterocycles. The Morgan fingerprint density at radius 2 is 1.35 bits per heavy atom. The van der Waals surface area contributed by atoms with Gasteiger partial charge >= 0.3 is 23.9 Å². The minimum absolute atomic E-state index is 0.205. The monoisotopic (exact) mass is 482 g/mol. The SMILES string of the molecule is C=C(C)C(=O)OCCC(C)OC(=O)C(=C)C.C=C(CC)C(=O)OCCCCCC.C=CC(=O)O. The van der Waals surface area contributed by atoms with Crippen LogP contribution >= 0.6 is 0 Å². The van der Waals surface area contributed by atoms with E-state index >= 15 is 0 Å². The van der Waals surface area contributed by atoms with Crippen LogP contribution in [0.5, 0.6) is 0 Å². The van der Waals surface area contributed by atoms with Crippen LogP contribution < -0.4 is 0 Å². The molecule has 0 aliphatic carbocycles. The molecule has 0 aromatic carbocycles. The molecule has 8 nitrogen and oxygen atoms in total. The van der Waals surface area contributed by atoms with Crippen molar-refractivity contribution in [2.45, 2.75) is 79.2 Å².